The van der Waals surface area contributed by atoms with Crippen LogP contribution in [0.1, 0.15) is 11.3 Å². The molecule has 3 aromatic heterocycles. The Balaban J connectivity index is 2.01. The topological polar surface area (TPSA) is 54.5 Å². The Morgan fingerprint density at radius 2 is 2.06 bits per heavy atom. The molecule has 0 bridgehead atoms. The molecule has 3 heterocycles. The molecule has 1 N–H and O–H groups in total. The number of H-pyrrole nitrogens is 1. The van der Waals surface area contributed by atoms with E-state index in [-0.39, 0.29) is 0 Å². The van der Waals surface area contributed by atoms with Crippen LogP contribution in [-0.4, -0.2) is 20.2 Å². The lowest BCUT2D eigenvalue weighted by molar-refractivity contribution is 1.00. The van der Waals surface area contributed by atoms with Gasteiger partial charge in [0.2, 0.25) is 0 Å². The smallest absolute Gasteiger partial charge is 0.112 e. The monoisotopic (exact) mass is 210 g/mol. The maximum Gasteiger partial charge on any atom is 0.112 e. The fourth-order valence-electron chi connectivity index (χ4n) is 1.73. The third-order valence-corrected chi connectivity index (χ3v) is 2.49. The fraction of sp³-hybridized carbons (Fsp3) is 0.0833. The lowest BCUT2D eigenvalue weighted by Gasteiger charge is -1.96. The zero-order valence-corrected chi connectivity index (χ0v) is 8.59. The second-order valence-corrected chi connectivity index (χ2v) is 3.61. The summed E-state index contributed by atoms with van der Waals surface area (Å²) < 4.78 is 0. The summed E-state index contributed by atoms with van der Waals surface area (Å²) >= 11 is 0. The first-order chi connectivity index (χ1) is 7.93. The van der Waals surface area contributed by atoms with Gasteiger partial charge in [0.25, 0.3) is 0 Å². The number of aromatic nitrogens is 4. The van der Waals surface area contributed by atoms with Gasteiger partial charge in [-0.25, -0.2) is 0 Å². The molecule has 0 saturated carbocycles. The normalized spacial score (nSPS) is 10.8. The number of aromatic amines is 1. The molecular weight excluding hydrogens is 200 g/mol. The SMILES string of the molecule is c1cncc(Cc2n[nH]c3cccnc23)c1. The molecule has 16 heavy (non-hydrogen) atoms. The van der Waals surface area contributed by atoms with Crippen molar-refractivity contribution < 1.29 is 0 Å². The van der Waals surface area contributed by atoms with Crippen molar-refractivity contribution >= 4 is 11.0 Å². The van der Waals surface area contributed by atoms with Crippen LogP contribution in [0.2, 0.25) is 0 Å². The van der Waals surface area contributed by atoms with Crippen molar-refractivity contribution in [1.82, 2.24) is 20.2 Å². The first-order valence-electron chi connectivity index (χ1n) is 5.10. The lowest BCUT2D eigenvalue weighted by Crippen LogP contribution is -1.90. The van der Waals surface area contributed by atoms with E-state index in [1.165, 1.54) is 0 Å². The Hall–Kier alpha value is -2.23. The molecule has 4 nitrogen and oxygen atoms in total. The molecule has 3 rings (SSSR count). The van der Waals surface area contributed by atoms with Crippen molar-refractivity contribution in [1.29, 1.82) is 0 Å². The lowest BCUT2D eigenvalue weighted by atomic mass is 10.1. The first kappa shape index (κ1) is 9.03. The summed E-state index contributed by atoms with van der Waals surface area (Å²) in [6.45, 7) is 0. The Kier molecular flexibility index (Phi) is 2.11. The number of hydrogen-bond acceptors (Lipinski definition) is 3. The summed E-state index contributed by atoms with van der Waals surface area (Å²) in [5, 5.41) is 7.25. The molecule has 0 saturated heterocycles. The minimum absolute atomic E-state index is 0.755. The largest absolute Gasteiger partial charge is 0.276 e. The summed E-state index contributed by atoms with van der Waals surface area (Å²) in [6, 6.07) is 7.84. The van der Waals surface area contributed by atoms with Crippen LogP contribution in [-0.2, 0) is 6.42 Å². The Morgan fingerprint density at radius 3 is 2.94 bits per heavy atom. The average Bonchev–Trinajstić information content (AvgIpc) is 2.74. The molecule has 0 atom stereocenters. The van der Waals surface area contributed by atoms with Crippen molar-refractivity contribution in [3.63, 3.8) is 0 Å². The molecular formula is C12H10N4. The van der Waals surface area contributed by atoms with Gasteiger partial charge in [0.05, 0.1) is 11.2 Å². The van der Waals surface area contributed by atoms with Crippen LogP contribution in [0.5, 0.6) is 0 Å². The first-order valence-corrected chi connectivity index (χ1v) is 5.10. The summed E-state index contributed by atoms with van der Waals surface area (Å²) in [4.78, 5) is 8.41. The maximum absolute atomic E-state index is 4.32. The van der Waals surface area contributed by atoms with E-state index >= 15 is 0 Å². The molecule has 0 spiro atoms. The third-order valence-electron chi connectivity index (χ3n) is 2.49. The van der Waals surface area contributed by atoms with E-state index in [2.05, 4.69) is 20.2 Å². The van der Waals surface area contributed by atoms with Gasteiger partial charge in [-0.15, -0.1) is 0 Å². The van der Waals surface area contributed by atoms with Crippen molar-refractivity contribution in [2.24, 2.45) is 0 Å². The average molecular weight is 210 g/mol. The number of hydrogen-bond donors (Lipinski definition) is 1. The molecule has 0 aliphatic carbocycles. The summed E-state index contributed by atoms with van der Waals surface area (Å²) in [5.41, 5.74) is 4.01. The zero-order chi connectivity index (χ0) is 10.8. The maximum atomic E-state index is 4.32. The highest BCUT2D eigenvalue weighted by Gasteiger charge is 2.06. The molecule has 0 aromatic carbocycles. The van der Waals surface area contributed by atoms with Gasteiger partial charge in [0, 0.05) is 25.0 Å². The van der Waals surface area contributed by atoms with Crippen molar-refractivity contribution in [3.05, 3.63) is 54.1 Å². The third kappa shape index (κ3) is 1.54. The van der Waals surface area contributed by atoms with E-state index in [1.54, 1.807) is 12.4 Å². The predicted molar refractivity (Wildman–Crippen MR) is 60.9 cm³/mol. The highest BCUT2D eigenvalue weighted by Crippen LogP contribution is 2.15. The second kappa shape index (κ2) is 3.73. The molecule has 0 fully saturated rings. The molecule has 0 aliphatic rings. The molecule has 4 heteroatoms. The highest BCUT2D eigenvalue weighted by atomic mass is 15.1. The van der Waals surface area contributed by atoms with Gasteiger partial charge in [-0.3, -0.25) is 15.1 Å². The van der Waals surface area contributed by atoms with Gasteiger partial charge >= 0.3 is 0 Å². The Labute approximate surface area is 92.4 Å². The summed E-state index contributed by atoms with van der Waals surface area (Å²) in [5.74, 6) is 0. The number of nitrogens with one attached hydrogen (secondary N) is 1. The molecule has 0 unspecified atom stereocenters. The molecule has 0 radical (unpaired) electrons. The van der Waals surface area contributed by atoms with Gasteiger partial charge in [0.15, 0.2) is 0 Å². The van der Waals surface area contributed by atoms with E-state index in [4.69, 9.17) is 0 Å². The number of nitrogens with zero attached hydrogens (tertiary/aromatic N) is 3. The number of rotatable bonds is 2. The summed E-state index contributed by atoms with van der Waals surface area (Å²) in [7, 11) is 0. The van der Waals surface area contributed by atoms with Gasteiger partial charge in [-0.1, -0.05) is 6.07 Å². The van der Waals surface area contributed by atoms with E-state index in [9.17, 15) is 0 Å². The van der Waals surface area contributed by atoms with Crippen LogP contribution >= 0.6 is 0 Å². The second-order valence-electron chi connectivity index (χ2n) is 3.61. The number of fused-ring (bicyclic) bond motifs is 1. The fourth-order valence-corrected chi connectivity index (χ4v) is 1.73. The Morgan fingerprint density at radius 1 is 1.12 bits per heavy atom. The van der Waals surface area contributed by atoms with E-state index in [0.717, 1.165) is 28.7 Å². The van der Waals surface area contributed by atoms with Crippen molar-refractivity contribution in [3.8, 4) is 0 Å². The van der Waals surface area contributed by atoms with Crippen LogP contribution in [0.15, 0.2) is 42.9 Å². The van der Waals surface area contributed by atoms with Crippen LogP contribution in [0.4, 0.5) is 0 Å². The molecule has 0 aliphatic heterocycles. The summed E-state index contributed by atoms with van der Waals surface area (Å²) in [6.07, 6.45) is 6.16. The molecule has 0 amide bonds. The van der Waals surface area contributed by atoms with E-state index in [1.807, 2.05) is 30.5 Å². The quantitative estimate of drug-likeness (QED) is 0.703. The van der Waals surface area contributed by atoms with E-state index < -0.39 is 0 Å². The van der Waals surface area contributed by atoms with Crippen LogP contribution in [0, 0.1) is 0 Å². The van der Waals surface area contributed by atoms with Crippen LogP contribution in [0.3, 0.4) is 0 Å². The van der Waals surface area contributed by atoms with Crippen LogP contribution in [0.25, 0.3) is 11.0 Å². The number of pyridine rings is 2. The predicted octanol–water partition coefficient (Wildman–Crippen LogP) is 1.94. The van der Waals surface area contributed by atoms with Gasteiger partial charge in [-0.2, -0.15) is 5.10 Å². The molecule has 78 valence electrons. The zero-order valence-electron chi connectivity index (χ0n) is 8.59. The standard InChI is InChI=1S/C12H10N4/c1-3-9(8-13-5-1)7-11-12-10(15-16-11)4-2-6-14-12/h1-6,8H,7H2,(H,15,16). The van der Waals surface area contributed by atoms with Gasteiger partial charge in [-0.05, 0) is 23.8 Å². The van der Waals surface area contributed by atoms with Crippen molar-refractivity contribution in [2.75, 3.05) is 0 Å². The highest BCUT2D eigenvalue weighted by molar-refractivity contribution is 5.76. The Bertz CT molecular complexity index is 600. The van der Waals surface area contributed by atoms with Crippen LogP contribution < -0.4 is 0 Å². The minimum atomic E-state index is 0.755. The van der Waals surface area contributed by atoms with Crippen molar-refractivity contribution in [2.45, 2.75) is 6.42 Å². The van der Waals surface area contributed by atoms with Gasteiger partial charge < -0.3 is 0 Å². The van der Waals surface area contributed by atoms with E-state index in [0.29, 0.717) is 0 Å². The minimum Gasteiger partial charge on any atom is -0.276 e. The molecule has 3 aromatic rings. The van der Waals surface area contributed by atoms with Gasteiger partial charge in [0.1, 0.15) is 5.52 Å².